The zero-order valence-corrected chi connectivity index (χ0v) is 15.0. The molecule has 24 heavy (non-hydrogen) atoms. The summed E-state index contributed by atoms with van der Waals surface area (Å²) >= 11 is 0. The number of amides is 1. The lowest BCUT2D eigenvalue weighted by molar-refractivity contribution is -0.133. The van der Waals surface area contributed by atoms with Crippen LogP contribution in [0.25, 0.3) is 0 Å². The number of benzene rings is 1. The van der Waals surface area contributed by atoms with Crippen LogP contribution in [0.2, 0.25) is 0 Å². The van der Waals surface area contributed by atoms with Crippen LogP contribution >= 0.6 is 0 Å². The van der Waals surface area contributed by atoms with Gasteiger partial charge in [0, 0.05) is 25.0 Å². The summed E-state index contributed by atoms with van der Waals surface area (Å²) in [5.41, 5.74) is 1.18. The molecule has 3 rings (SSSR count). The Kier molecular flexibility index (Phi) is 5.77. The largest absolute Gasteiger partial charge is 0.497 e. The molecule has 2 heterocycles. The molecule has 4 nitrogen and oxygen atoms in total. The van der Waals surface area contributed by atoms with E-state index < -0.39 is 0 Å². The highest BCUT2D eigenvalue weighted by Gasteiger charge is 2.38. The fraction of sp³-hybridized carbons (Fsp3) is 0.650. The first-order chi connectivity index (χ1) is 11.7. The first-order valence-corrected chi connectivity index (χ1v) is 9.39. The number of aryl methyl sites for hydroxylation is 1. The number of carbonyl (C=O) groups is 1. The quantitative estimate of drug-likeness (QED) is 0.803. The molecule has 132 valence electrons. The van der Waals surface area contributed by atoms with E-state index in [1.807, 2.05) is 18.2 Å². The molecule has 0 aromatic heterocycles. The first kappa shape index (κ1) is 17.3. The average Bonchev–Trinajstić information content (AvgIpc) is 3.27. The van der Waals surface area contributed by atoms with Crippen molar-refractivity contribution >= 4 is 5.91 Å². The van der Waals surface area contributed by atoms with E-state index in [0.717, 1.165) is 31.7 Å². The number of nitrogens with zero attached hydrogens (tertiary/aromatic N) is 2. The molecule has 1 aromatic carbocycles. The molecule has 0 N–H and O–H groups in total. The molecule has 1 amide bonds. The summed E-state index contributed by atoms with van der Waals surface area (Å²) in [5, 5.41) is 0. The topological polar surface area (TPSA) is 32.8 Å². The summed E-state index contributed by atoms with van der Waals surface area (Å²) in [7, 11) is 1.68. The standard InChI is InChI=1S/C20H30N2O2/c1-3-21-13-5-9-18(21)19-10-6-14-22(19)20(23)12-11-16-7-4-8-17(15-16)24-2/h4,7-8,15,18-19H,3,5-6,9-14H2,1-2H3/t18-,19-/m1/s1. The van der Waals surface area contributed by atoms with E-state index in [1.165, 1.54) is 31.4 Å². The minimum absolute atomic E-state index is 0.322. The lowest BCUT2D eigenvalue weighted by Gasteiger charge is -2.34. The van der Waals surface area contributed by atoms with Crippen molar-refractivity contribution in [3.05, 3.63) is 29.8 Å². The number of carbonyl (C=O) groups excluding carboxylic acids is 1. The minimum Gasteiger partial charge on any atom is -0.497 e. The zero-order chi connectivity index (χ0) is 16.9. The highest BCUT2D eigenvalue weighted by atomic mass is 16.5. The summed E-state index contributed by atoms with van der Waals surface area (Å²) in [6.45, 7) is 5.48. The van der Waals surface area contributed by atoms with E-state index >= 15 is 0 Å². The van der Waals surface area contributed by atoms with Crippen molar-refractivity contribution in [3.8, 4) is 5.75 Å². The highest BCUT2D eigenvalue weighted by molar-refractivity contribution is 5.77. The molecule has 0 radical (unpaired) electrons. The lowest BCUT2D eigenvalue weighted by atomic mass is 10.0. The molecule has 0 unspecified atom stereocenters. The zero-order valence-electron chi connectivity index (χ0n) is 15.0. The third-order valence-corrected chi connectivity index (χ3v) is 5.65. The van der Waals surface area contributed by atoms with Crippen LogP contribution in [0.3, 0.4) is 0 Å². The molecular formula is C20H30N2O2. The highest BCUT2D eigenvalue weighted by Crippen LogP contribution is 2.30. The van der Waals surface area contributed by atoms with Gasteiger partial charge >= 0.3 is 0 Å². The Morgan fingerprint density at radius 1 is 1.21 bits per heavy atom. The van der Waals surface area contributed by atoms with Gasteiger partial charge in [0.05, 0.1) is 7.11 Å². The van der Waals surface area contributed by atoms with Crippen LogP contribution < -0.4 is 4.74 Å². The molecule has 2 aliphatic heterocycles. The van der Waals surface area contributed by atoms with Crippen LogP contribution in [0.4, 0.5) is 0 Å². The summed E-state index contributed by atoms with van der Waals surface area (Å²) in [4.78, 5) is 17.6. The molecule has 0 bridgehead atoms. The molecule has 2 aliphatic rings. The molecule has 0 aliphatic carbocycles. The Morgan fingerprint density at radius 3 is 2.79 bits per heavy atom. The molecule has 0 saturated carbocycles. The third kappa shape index (κ3) is 3.75. The predicted octanol–water partition coefficient (Wildman–Crippen LogP) is 3.10. The summed E-state index contributed by atoms with van der Waals surface area (Å²) in [6.07, 6.45) is 6.25. The number of rotatable bonds is 6. The SMILES string of the molecule is CCN1CCC[C@@H]1[C@H]1CCCN1C(=O)CCc1cccc(OC)c1. The van der Waals surface area contributed by atoms with Crippen LogP contribution in [0.5, 0.6) is 5.75 Å². The molecule has 2 atom stereocenters. The predicted molar refractivity (Wildman–Crippen MR) is 96.3 cm³/mol. The Balaban J connectivity index is 1.59. The molecule has 2 saturated heterocycles. The van der Waals surface area contributed by atoms with Gasteiger partial charge in [0.1, 0.15) is 5.75 Å². The van der Waals surface area contributed by atoms with Crippen molar-refractivity contribution < 1.29 is 9.53 Å². The molecule has 0 spiro atoms. The number of likely N-dealkylation sites (N-methyl/N-ethyl adjacent to an activating group) is 1. The molecule has 2 fully saturated rings. The third-order valence-electron chi connectivity index (χ3n) is 5.65. The first-order valence-electron chi connectivity index (χ1n) is 9.39. The van der Waals surface area contributed by atoms with Gasteiger partial charge in [0.25, 0.3) is 0 Å². The second kappa shape index (κ2) is 8.02. The van der Waals surface area contributed by atoms with Gasteiger partial charge in [0.2, 0.25) is 5.91 Å². The summed E-state index contributed by atoms with van der Waals surface area (Å²) < 4.78 is 5.27. The van der Waals surface area contributed by atoms with Gasteiger partial charge in [0.15, 0.2) is 0 Å². The normalized spacial score (nSPS) is 24.5. The fourth-order valence-electron chi connectivity index (χ4n) is 4.41. The molecule has 1 aromatic rings. The monoisotopic (exact) mass is 330 g/mol. The van der Waals surface area contributed by atoms with Gasteiger partial charge in [-0.1, -0.05) is 19.1 Å². The van der Waals surface area contributed by atoms with E-state index in [9.17, 15) is 4.79 Å². The van der Waals surface area contributed by atoms with E-state index in [1.54, 1.807) is 7.11 Å². The molecular weight excluding hydrogens is 300 g/mol. The van der Waals surface area contributed by atoms with Gasteiger partial charge in [-0.05, 0) is 62.9 Å². The maximum Gasteiger partial charge on any atom is 0.223 e. The Hall–Kier alpha value is -1.55. The smallest absolute Gasteiger partial charge is 0.223 e. The van der Waals surface area contributed by atoms with Gasteiger partial charge in [-0.3, -0.25) is 9.69 Å². The Labute approximate surface area is 145 Å². The number of methoxy groups -OCH3 is 1. The van der Waals surface area contributed by atoms with Crippen molar-refractivity contribution in [2.24, 2.45) is 0 Å². The van der Waals surface area contributed by atoms with Crippen LogP contribution in [0.15, 0.2) is 24.3 Å². The number of ether oxygens (including phenoxy) is 1. The van der Waals surface area contributed by atoms with Crippen molar-refractivity contribution in [2.45, 2.75) is 57.5 Å². The van der Waals surface area contributed by atoms with Crippen LogP contribution in [0, 0.1) is 0 Å². The van der Waals surface area contributed by atoms with Crippen LogP contribution in [-0.4, -0.2) is 54.5 Å². The van der Waals surface area contributed by atoms with Crippen molar-refractivity contribution in [2.75, 3.05) is 26.7 Å². The van der Waals surface area contributed by atoms with E-state index in [-0.39, 0.29) is 0 Å². The number of hydrogen-bond acceptors (Lipinski definition) is 3. The minimum atomic E-state index is 0.322. The fourth-order valence-corrected chi connectivity index (χ4v) is 4.41. The van der Waals surface area contributed by atoms with Crippen LogP contribution in [-0.2, 0) is 11.2 Å². The van der Waals surface area contributed by atoms with Crippen molar-refractivity contribution in [1.29, 1.82) is 0 Å². The van der Waals surface area contributed by atoms with Crippen LogP contribution in [0.1, 0.15) is 44.6 Å². The van der Waals surface area contributed by atoms with E-state index in [2.05, 4.69) is 22.8 Å². The Bertz CT molecular complexity index is 560. The molecule has 4 heteroatoms. The number of hydrogen-bond donors (Lipinski definition) is 0. The average molecular weight is 330 g/mol. The maximum absolute atomic E-state index is 12.8. The number of likely N-dealkylation sites (tertiary alicyclic amines) is 2. The van der Waals surface area contributed by atoms with Gasteiger partial charge < -0.3 is 9.64 Å². The summed E-state index contributed by atoms with van der Waals surface area (Å²) in [6, 6.07) is 9.07. The lowest BCUT2D eigenvalue weighted by Crippen LogP contribution is -2.48. The van der Waals surface area contributed by atoms with Crippen molar-refractivity contribution in [3.63, 3.8) is 0 Å². The van der Waals surface area contributed by atoms with E-state index in [4.69, 9.17) is 4.74 Å². The Morgan fingerprint density at radius 2 is 2.00 bits per heavy atom. The summed E-state index contributed by atoms with van der Waals surface area (Å²) in [5.74, 6) is 1.19. The van der Waals surface area contributed by atoms with Gasteiger partial charge in [-0.15, -0.1) is 0 Å². The second-order valence-electron chi connectivity index (χ2n) is 6.99. The van der Waals surface area contributed by atoms with E-state index in [0.29, 0.717) is 24.4 Å². The second-order valence-corrected chi connectivity index (χ2v) is 6.99. The van der Waals surface area contributed by atoms with Gasteiger partial charge in [-0.2, -0.15) is 0 Å². The van der Waals surface area contributed by atoms with Crippen molar-refractivity contribution in [1.82, 2.24) is 9.80 Å². The maximum atomic E-state index is 12.8. The van der Waals surface area contributed by atoms with Gasteiger partial charge in [-0.25, -0.2) is 0 Å².